The summed E-state index contributed by atoms with van der Waals surface area (Å²) in [5.74, 6) is 0. The summed E-state index contributed by atoms with van der Waals surface area (Å²) in [6, 6.07) is 0. The van der Waals surface area contributed by atoms with Crippen LogP contribution in [0.2, 0.25) is 5.15 Å². The van der Waals surface area contributed by atoms with Gasteiger partial charge in [-0.25, -0.2) is 4.98 Å². The third-order valence-electron chi connectivity index (χ3n) is 1.31. The molecule has 1 aromatic rings. The number of hydrogen-bond acceptors (Lipinski definition) is 3. The van der Waals surface area contributed by atoms with E-state index in [1.165, 1.54) is 0 Å². The van der Waals surface area contributed by atoms with Crippen LogP contribution < -0.4 is 11.5 Å². The molecule has 1 heterocycles. The van der Waals surface area contributed by atoms with Gasteiger partial charge in [0.15, 0.2) is 5.15 Å². The van der Waals surface area contributed by atoms with Crippen LogP contribution in [0.5, 0.6) is 0 Å². The molecule has 0 saturated heterocycles. The molecule has 0 aliphatic heterocycles. The van der Waals surface area contributed by atoms with Crippen LogP contribution in [-0.4, -0.2) is 4.98 Å². The molecule has 0 spiro atoms. The van der Waals surface area contributed by atoms with Crippen LogP contribution in [0.4, 0.5) is 11.4 Å². The lowest BCUT2D eigenvalue weighted by atomic mass is 10.2. The van der Waals surface area contributed by atoms with Gasteiger partial charge in [-0.05, 0) is 12.5 Å². The van der Waals surface area contributed by atoms with E-state index in [0.717, 1.165) is 5.56 Å². The fourth-order valence-electron chi connectivity index (χ4n) is 0.616. The first-order valence-electron chi connectivity index (χ1n) is 2.79. The van der Waals surface area contributed by atoms with Crippen LogP contribution in [-0.2, 0) is 0 Å². The molecule has 3 nitrogen and oxygen atoms in total. The standard InChI is InChI=1S/C6H8ClN3/c1-3-2-10-6(7)5(9)4(3)8/h2H,9H2,1H3,(H2,8,10). The summed E-state index contributed by atoms with van der Waals surface area (Å²) in [5.41, 5.74) is 12.7. The Morgan fingerprint density at radius 1 is 1.40 bits per heavy atom. The van der Waals surface area contributed by atoms with Crippen molar-refractivity contribution in [3.63, 3.8) is 0 Å². The van der Waals surface area contributed by atoms with Crippen LogP contribution in [0.1, 0.15) is 5.56 Å². The lowest BCUT2D eigenvalue weighted by Gasteiger charge is -2.03. The predicted octanol–water partition coefficient (Wildman–Crippen LogP) is 1.21. The van der Waals surface area contributed by atoms with Gasteiger partial charge in [-0.2, -0.15) is 0 Å². The van der Waals surface area contributed by atoms with E-state index in [1.54, 1.807) is 6.20 Å². The van der Waals surface area contributed by atoms with Gasteiger partial charge in [0, 0.05) is 6.20 Å². The van der Waals surface area contributed by atoms with Crippen LogP contribution >= 0.6 is 11.6 Å². The summed E-state index contributed by atoms with van der Waals surface area (Å²) in [6.45, 7) is 1.83. The normalized spacial score (nSPS) is 9.80. The Morgan fingerprint density at radius 2 is 2.00 bits per heavy atom. The number of aryl methyl sites for hydroxylation is 1. The van der Waals surface area contributed by atoms with Crippen molar-refractivity contribution in [2.24, 2.45) is 0 Å². The molecule has 1 aromatic heterocycles. The van der Waals surface area contributed by atoms with Crippen LogP contribution in [0.15, 0.2) is 6.20 Å². The van der Waals surface area contributed by atoms with Crippen molar-refractivity contribution in [2.75, 3.05) is 11.5 Å². The molecule has 0 aliphatic carbocycles. The Morgan fingerprint density at radius 3 is 2.50 bits per heavy atom. The fraction of sp³-hybridized carbons (Fsp3) is 0.167. The Kier molecular flexibility index (Phi) is 1.68. The van der Waals surface area contributed by atoms with Crippen molar-refractivity contribution in [1.82, 2.24) is 4.98 Å². The van der Waals surface area contributed by atoms with Crippen molar-refractivity contribution >= 4 is 23.0 Å². The zero-order chi connectivity index (χ0) is 7.72. The van der Waals surface area contributed by atoms with E-state index in [2.05, 4.69) is 4.98 Å². The second kappa shape index (κ2) is 2.34. The molecule has 0 aromatic carbocycles. The number of nitrogen functional groups attached to an aromatic ring is 2. The lowest BCUT2D eigenvalue weighted by Crippen LogP contribution is -1.99. The highest BCUT2D eigenvalue weighted by atomic mass is 35.5. The zero-order valence-electron chi connectivity index (χ0n) is 5.56. The van der Waals surface area contributed by atoms with E-state index in [1.807, 2.05) is 6.92 Å². The van der Waals surface area contributed by atoms with Gasteiger partial charge in [-0.3, -0.25) is 0 Å². The molecule has 54 valence electrons. The smallest absolute Gasteiger partial charge is 0.154 e. The molecule has 0 atom stereocenters. The molecule has 0 unspecified atom stereocenters. The average Bonchev–Trinajstić information content (AvgIpc) is 1.93. The Labute approximate surface area is 64.0 Å². The number of halogens is 1. The first-order valence-corrected chi connectivity index (χ1v) is 3.16. The van der Waals surface area contributed by atoms with E-state index in [4.69, 9.17) is 23.1 Å². The molecule has 0 amide bonds. The molecule has 0 saturated carbocycles. The number of hydrogen-bond donors (Lipinski definition) is 2. The second-order valence-electron chi connectivity index (χ2n) is 2.06. The first kappa shape index (κ1) is 7.15. The number of nitrogens with zero attached hydrogens (tertiary/aromatic N) is 1. The van der Waals surface area contributed by atoms with Crippen molar-refractivity contribution in [1.29, 1.82) is 0 Å². The maximum atomic E-state index is 5.57. The Balaban J connectivity index is 3.34. The minimum atomic E-state index is 0.267. The maximum Gasteiger partial charge on any atom is 0.154 e. The first-order chi connectivity index (χ1) is 4.63. The van der Waals surface area contributed by atoms with Gasteiger partial charge < -0.3 is 11.5 Å². The van der Waals surface area contributed by atoms with Gasteiger partial charge in [0.25, 0.3) is 0 Å². The third kappa shape index (κ3) is 0.998. The molecule has 4 heteroatoms. The second-order valence-corrected chi connectivity index (χ2v) is 2.42. The monoisotopic (exact) mass is 157 g/mol. The quantitative estimate of drug-likeness (QED) is 0.557. The van der Waals surface area contributed by atoms with Crippen molar-refractivity contribution in [3.05, 3.63) is 16.9 Å². The Bertz CT molecular complexity index is 232. The third-order valence-corrected chi connectivity index (χ3v) is 1.61. The topological polar surface area (TPSA) is 64.9 Å². The summed E-state index contributed by atoms with van der Waals surface area (Å²) in [6.07, 6.45) is 1.59. The number of rotatable bonds is 0. The van der Waals surface area contributed by atoms with E-state index < -0.39 is 0 Å². The molecule has 0 aliphatic rings. The molecule has 0 radical (unpaired) electrons. The Hall–Kier alpha value is -0.960. The largest absolute Gasteiger partial charge is 0.397 e. The van der Waals surface area contributed by atoms with Crippen LogP contribution in [0.25, 0.3) is 0 Å². The van der Waals surface area contributed by atoms with Gasteiger partial charge in [-0.15, -0.1) is 0 Å². The van der Waals surface area contributed by atoms with E-state index >= 15 is 0 Å². The molecular weight excluding hydrogens is 150 g/mol. The molecule has 0 fully saturated rings. The minimum absolute atomic E-state index is 0.267. The van der Waals surface area contributed by atoms with E-state index in [-0.39, 0.29) is 5.15 Å². The molecule has 4 N–H and O–H groups in total. The van der Waals surface area contributed by atoms with Gasteiger partial charge >= 0.3 is 0 Å². The molecule has 0 bridgehead atoms. The van der Waals surface area contributed by atoms with Crippen LogP contribution in [0.3, 0.4) is 0 Å². The number of nitrogens with two attached hydrogens (primary N) is 2. The summed E-state index contributed by atoms with van der Waals surface area (Å²) in [5, 5.41) is 0.267. The number of pyridine rings is 1. The summed E-state index contributed by atoms with van der Waals surface area (Å²) >= 11 is 5.57. The van der Waals surface area contributed by atoms with Crippen LogP contribution in [0, 0.1) is 6.92 Å². The maximum absolute atomic E-state index is 5.57. The van der Waals surface area contributed by atoms with E-state index in [9.17, 15) is 0 Å². The van der Waals surface area contributed by atoms with Crippen molar-refractivity contribution in [3.8, 4) is 0 Å². The van der Waals surface area contributed by atoms with Gasteiger partial charge in [-0.1, -0.05) is 11.6 Å². The minimum Gasteiger partial charge on any atom is -0.397 e. The highest BCUT2D eigenvalue weighted by Crippen LogP contribution is 2.24. The SMILES string of the molecule is Cc1cnc(Cl)c(N)c1N. The summed E-state index contributed by atoms with van der Waals surface area (Å²) in [7, 11) is 0. The number of aromatic nitrogens is 1. The van der Waals surface area contributed by atoms with Gasteiger partial charge in [0.2, 0.25) is 0 Å². The van der Waals surface area contributed by atoms with Gasteiger partial charge in [0.1, 0.15) is 0 Å². The highest BCUT2D eigenvalue weighted by Gasteiger charge is 2.02. The van der Waals surface area contributed by atoms with E-state index in [0.29, 0.717) is 11.4 Å². The summed E-state index contributed by atoms with van der Waals surface area (Å²) in [4.78, 5) is 3.80. The number of anilines is 2. The molecule has 10 heavy (non-hydrogen) atoms. The van der Waals surface area contributed by atoms with Crippen molar-refractivity contribution in [2.45, 2.75) is 6.92 Å². The zero-order valence-corrected chi connectivity index (χ0v) is 6.31. The molecule has 1 rings (SSSR count). The van der Waals surface area contributed by atoms with Crippen molar-refractivity contribution < 1.29 is 0 Å². The lowest BCUT2D eigenvalue weighted by molar-refractivity contribution is 1.28. The van der Waals surface area contributed by atoms with Gasteiger partial charge in [0.05, 0.1) is 11.4 Å². The highest BCUT2D eigenvalue weighted by molar-refractivity contribution is 6.32. The predicted molar refractivity (Wildman–Crippen MR) is 42.8 cm³/mol. The molecular formula is C6H8ClN3. The fourth-order valence-corrected chi connectivity index (χ4v) is 0.767. The average molecular weight is 158 g/mol. The summed E-state index contributed by atoms with van der Waals surface area (Å²) < 4.78 is 0.